The number of aromatic carboxylic acids is 1. The predicted octanol–water partition coefficient (Wildman–Crippen LogP) is 3.39. The van der Waals surface area contributed by atoms with E-state index in [1.54, 1.807) is 31.2 Å². The lowest BCUT2D eigenvalue weighted by Crippen LogP contribution is -1.96. The zero-order valence-electron chi connectivity index (χ0n) is 10.6. The summed E-state index contributed by atoms with van der Waals surface area (Å²) in [5, 5.41) is 19.7. The number of carbonyl (C=O) groups is 1. The SMILES string of the molecule is Cc1ccc(Oc2cccc(C(=O)O)c2)cc1[N+](=O)[O-]. The molecule has 102 valence electrons. The van der Waals surface area contributed by atoms with Crippen LogP contribution in [0.2, 0.25) is 0 Å². The van der Waals surface area contributed by atoms with Gasteiger partial charge in [-0.1, -0.05) is 6.07 Å². The minimum Gasteiger partial charge on any atom is -0.478 e. The Morgan fingerprint density at radius 2 is 1.90 bits per heavy atom. The standard InChI is InChI=1S/C14H11NO5/c1-9-5-6-12(8-13(9)15(18)19)20-11-4-2-3-10(7-11)14(16)17/h2-8H,1H3,(H,16,17). The van der Waals surface area contributed by atoms with E-state index in [1.807, 2.05) is 0 Å². The normalized spacial score (nSPS) is 10.1. The molecule has 0 unspecified atom stereocenters. The number of nitrogens with zero attached hydrogens (tertiary/aromatic N) is 1. The van der Waals surface area contributed by atoms with Crippen LogP contribution in [0.3, 0.4) is 0 Å². The number of ether oxygens (including phenoxy) is 1. The third-order valence-corrected chi connectivity index (χ3v) is 2.69. The Balaban J connectivity index is 2.30. The van der Waals surface area contributed by atoms with Gasteiger partial charge in [-0.3, -0.25) is 10.1 Å². The van der Waals surface area contributed by atoms with Crippen molar-refractivity contribution in [2.45, 2.75) is 6.92 Å². The van der Waals surface area contributed by atoms with Gasteiger partial charge in [0, 0.05) is 5.56 Å². The molecular weight excluding hydrogens is 262 g/mol. The molecule has 0 bridgehead atoms. The van der Waals surface area contributed by atoms with Crippen molar-refractivity contribution in [3.63, 3.8) is 0 Å². The van der Waals surface area contributed by atoms with Gasteiger partial charge in [-0.2, -0.15) is 0 Å². The van der Waals surface area contributed by atoms with Crippen molar-refractivity contribution in [3.05, 3.63) is 63.7 Å². The molecule has 20 heavy (non-hydrogen) atoms. The summed E-state index contributed by atoms with van der Waals surface area (Å²) >= 11 is 0. The third kappa shape index (κ3) is 2.92. The highest BCUT2D eigenvalue weighted by atomic mass is 16.6. The number of carboxylic acids is 1. The van der Waals surface area contributed by atoms with Crippen LogP contribution in [0.5, 0.6) is 11.5 Å². The maximum Gasteiger partial charge on any atom is 0.335 e. The topological polar surface area (TPSA) is 89.7 Å². The van der Waals surface area contributed by atoms with Crippen molar-refractivity contribution >= 4 is 11.7 Å². The van der Waals surface area contributed by atoms with E-state index in [0.29, 0.717) is 11.3 Å². The number of nitro benzene ring substituents is 1. The first-order valence-corrected chi connectivity index (χ1v) is 5.73. The molecule has 0 aliphatic heterocycles. The average molecular weight is 273 g/mol. The van der Waals surface area contributed by atoms with Crippen LogP contribution in [0.1, 0.15) is 15.9 Å². The zero-order chi connectivity index (χ0) is 14.7. The van der Waals surface area contributed by atoms with Gasteiger partial charge in [0.2, 0.25) is 0 Å². The van der Waals surface area contributed by atoms with Crippen LogP contribution in [-0.2, 0) is 0 Å². The molecule has 6 heteroatoms. The predicted molar refractivity (Wildman–Crippen MR) is 71.3 cm³/mol. The lowest BCUT2D eigenvalue weighted by molar-refractivity contribution is -0.385. The molecule has 0 fully saturated rings. The van der Waals surface area contributed by atoms with Crippen molar-refractivity contribution in [1.29, 1.82) is 0 Å². The van der Waals surface area contributed by atoms with Gasteiger partial charge in [-0.25, -0.2) is 4.79 Å². The summed E-state index contributed by atoms with van der Waals surface area (Å²) in [6, 6.07) is 10.4. The summed E-state index contributed by atoms with van der Waals surface area (Å²) in [6.45, 7) is 1.63. The second-order valence-electron chi connectivity index (χ2n) is 4.14. The molecule has 1 N–H and O–H groups in total. The molecule has 0 amide bonds. The van der Waals surface area contributed by atoms with E-state index >= 15 is 0 Å². The molecule has 0 spiro atoms. The first-order valence-electron chi connectivity index (χ1n) is 5.73. The second-order valence-corrected chi connectivity index (χ2v) is 4.14. The summed E-state index contributed by atoms with van der Waals surface area (Å²) in [4.78, 5) is 21.2. The minimum absolute atomic E-state index is 0.0445. The number of rotatable bonds is 4. The van der Waals surface area contributed by atoms with Crippen LogP contribution in [0.4, 0.5) is 5.69 Å². The molecule has 0 aromatic heterocycles. The summed E-state index contributed by atoms with van der Waals surface area (Å²) in [5.74, 6) is -0.474. The molecule has 0 saturated heterocycles. The van der Waals surface area contributed by atoms with E-state index in [0.717, 1.165) is 0 Å². The molecule has 2 rings (SSSR count). The molecule has 0 radical (unpaired) electrons. The van der Waals surface area contributed by atoms with Crippen molar-refractivity contribution in [1.82, 2.24) is 0 Å². The fourth-order valence-electron chi connectivity index (χ4n) is 1.68. The monoisotopic (exact) mass is 273 g/mol. The van der Waals surface area contributed by atoms with E-state index in [9.17, 15) is 14.9 Å². The van der Waals surface area contributed by atoms with Crippen LogP contribution in [-0.4, -0.2) is 16.0 Å². The van der Waals surface area contributed by atoms with E-state index < -0.39 is 10.9 Å². The molecule has 2 aromatic rings. The molecule has 0 atom stereocenters. The quantitative estimate of drug-likeness (QED) is 0.681. The van der Waals surface area contributed by atoms with Crippen molar-refractivity contribution in [3.8, 4) is 11.5 Å². The van der Waals surface area contributed by atoms with E-state index in [1.165, 1.54) is 18.2 Å². The van der Waals surface area contributed by atoms with Crippen molar-refractivity contribution in [2.75, 3.05) is 0 Å². The number of nitro groups is 1. The Morgan fingerprint density at radius 3 is 2.55 bits per heavy atom. The Morgan fingerprint density at radius 1 is 1.20 bits per heavy atom. The third-order valence-electron chi connectivity index (χ3n) is 2.69. The lowest BCUT2D eigenvalue weighted by atomic mass is 10.2. The van der Waals surface area contributed by atoms with Crippen LogP contribution in [0.15, 0.2) is 42.5 Å². The van der Waals surface area contributed by atoms with E-state index in [-0.39, 0.29) is 17.0 Å². The van der Waals surface area contributed by atoms with Gasteiger partial charge in [0.05, 0.1) is 16.6 Å². The van der Waals surface area contributed by atoms with Gasteiger partial charge in [-0.05, 0) is 37.3 Å². The Kier molecular flexibility index (Phi) is 3.65. The smallest absolute Gasteiger partial charge is 0.335 e. The number of benzene rings is 2. The highest BCUT2D eigenvalue weighted by molar-refractivity contribution is 5.88. The maximum atomic E-state index is 10.8. The van der Waals surface area contributed by atoms with E-state index in [2.05, 4.69) is 0 Å². The van der Waals surface area contributed by atoms with Crippen LogP contribution in [0.25, 0.3) is 0 Å². The highest BCUT2D eigenvalue weighted by Gasteiger charge is 2.12. The highest BCUT2D eigenvalue weighted by Crippen LogP contribution is 2.28. The van der Waals surface area contributed by atoms with Crippen LogP contribution < -0.4 is 4.74 Å². The Labute approximate surface area is 114 Å². The van der Waals surface area contributed by atoms with Gasteiger partial charge < -0.3 is 9.84 Å². The summed E-state index contributed by atoms with van der Waals surface area (Å²) in [6.07, 6.45) is 0. The van der Waals surface area contributed by atoms with Gasteiger partial charge in [0.1, 0.15) is 11.5 Å². The average Bonchev–Trinajstić information content (AvgIpc) is 2.41. The molecular formula is C14H11NO5. The molecule has 6 nitrogen and oxygen atoms in total. The summed E-state index contributed by atoms with van der Waals surface area (Å²) < 4.78 is 5.45. The lowest BCUT2D eigenvalue weighted by Gasteiger charge is -2.07. The number of hydrogen-bond acceptors (Lipinski definition) is 4. The summed E-state index contributed by atoms with van der Waals surface area (Å²) in [7, 11) is 0. The number of aryl methyl sites for hydroxylation is 1. The number of hydrogen-bond donors (Lipinski definition) is 1. The van der Waals surface area contributed by atoms with Gasteiger partial charge in [0.15, 0.2) is 0 Å². The second kappa shape index (κ2) is 5.40. The van der Waals surface area contributed by atoms with Crippen LogP contribution in [0, 0.1) is 17.0 Å². The van der Waals surface area contributed by atoms with Gasteiger partial charge in [-0.15, -0.1) is 0 Å². The number of carboxylic acid groups (broad SMARTS) is 1. The van der Waals surface area contributed by atoms with Gasteiger partial charge in [0.25, 0.3) is 5.69 Å². The molecule has 2 aromatic carbocycles. The largest absolute Gasteiger partial charge is 0.478 e. The minimum atomic E-state index is -1.06. The zero-order valence-corrected chi connectivity index (χ0v) is 10.6. The Bertz CT molecular complexity index is 681. The first kappa shape index (κ1) is 13.5. The fourth-order valence-corrected chi connectivity index (χ4v) is 1.68. The first-order chi connectivity index (χ1) is 9.47. The summed E-state index contributed by atoms with van der Waals surface area (Å²) in [5.41, 5.74) is 0.572. The maximum absolute atomic E-state index is 10.8. The van der Waals surface area contributed by atoms with Gasteiger partial charge >= 0.3 is 5.97 Å². The molecule has 0 heterocycles. The molecule has 0 saturated carbocycles. The van der Waals surface area contributed by atoms with E-state index in [4.69, 9.17) is 9.84 Å². The van der Waals surface area contributed by atoms with Crippen LogP contribution >= 0.6 is 0 Å². The fraction of sp³-hybridized carbons (Fsp3) is 0.0714. The van der Waals surface area contributed by atoms with Crippen molar-refractivity contribution in [2.24, 2.45) is 0 Å². The molecule has 0 aliphatic carbocycles. The van der Waals surface area contributed by atoms with Crippen molar-refractivity contribution < 1.29 is 19.6 Å². The molecule has 0 aliphatic rings. The Hall–Kier alpha value is -2.89.